The van der Waals surface area contributed by atoms with Crippen LogP contribution >= 0.6 is 0 Å². The molecule has 1 aliphatic heterocycles. The van der Waals surface area contributed by atoms with E-state index in [2.05, 4.69) is 26.0 Å². The molecule has 3 nitrogen and oxygen atoms in total. The summed E-state index contributed by atoms with van der Waals surface area (Å²) in [5.74, 6) is 0.939. The molecule has 0 saturated carbocycles. The van der Waals surface area contributed by atoms with Gasteiger partial charge in [0, 0.05) is 24.3 Å². The zero-order valence-electron chi connectivity index (χ0n) is 10.9. The van der Waals surface area contributed by atoms with Crippen LogP contribution in [0.4, 0.5) is 0 Å². The van der Waals surface area contributed by atoms with Crippen molar-refractivity contribution >= 4 is 0 Å². The molecule has 0 spiro atoms. The van der Waals surface area contributed by atoms with Crippen molar-refractivity contribution in [1.29, 1.82) is 0 Å². The fraction of sp³-hybridized carbons (Fsp3) is 0.571. The molecule has 0 atom stereocenters. The second kappa shape index (κ2) is 4.67. The molecule has 1 aliphatic rings. The first kappa shape index (κ1) is 12.4. The average Bonchev–Trinajstić information content (AvgIpc) is 2.33. The van der Waals surface area contributed by atoms with Crippen LogP contribution in [0.15, 0.2) is 12.1 Å². The van der Waals surface area contributed by atoms with Crippen molar-refractivity contribution in [2.24, 2.45) is 5.73 Å². The molecule has 0 amide bonds. The highest BCUT2D eigenvalue weighted by Crippen LogP contribution is 2.38. The van der Waals surface area contributed by atoms with E-state index in [1.165, 1.54) is 11.1 Å². The molecular weight excluding hydrogens is 214 g/mol. The summed E-state index contributed by atoms with van der Waals surface area (Å²) in [7, 11) is 1.72. The van der Waals surface area contributed by atoms with E-state index in [-0.39, 0.29) is 5.54 Å². The van der Waals surface area contributed by atoms with Gasteiger partial charge in [-0.15, -0.1) is 0 Å². The fourth-order valence-electron chi connectivity index (χ4n) is 2.45. The third kappa shape index (κ3) is 2.17. The van der Waals surface area contributed by atoms with Crippen LogP contribution in [-0.4, -0.2) is 20.3 Å². The first-order valence-electron chi connectivity index (χ1n) is 6.10. The summed E-state index contributed by atoms with van der Waals surface area (Å²) in [6.45, 7) is 5.63. The van der Waals surface area contributed by atoms with Crippen molar-refractivity contribution in [1.82, 2.24) is 0 Å². The molecule has 1 fully saturated rings. The van der Waals surface area contributed by atoms with Gasteiger partial charge in [-0.25, -0.2) is 0 Å². The van der Waals surface area contributed by atoms with E-state index < -0.39 is 0 Å². The maximum absolute atomic E-state index is 6.52. The lowest BCUT2D eigenvalue weighted by Gasteiger charge is -2.35. The Labute approximate surface area is 103 Å². The monoisotopic (exact) mass is 235 g/mol. The lowest BCUT2D eigenvalue weighted by molar-refractivity contribution is 0.0514. The third-order valence-electron chi connectivity index (χ3n) is 3.80. The Kier molecular flexibility index (Phi) is 3.40. The topological polar surface area (TPSA) is 44.5 Å². The van der Waals surface area contributed by atoms with Crippen LogP contribution in [0.3, 0.4) is 0 Å². The Hall–Kier alpha value is -1.06. The van der Waals surface area contributed by atoms with Crippen molar-refractivity contribution in [2.75, 3.05) is 20.3 Å². The highest BCUT2D eigenvalue weighted by Gasteiger charge is 2.33. The highest BCUT2D eigenvalue weighted by atomic mass is 16.5. The Morgan fingerprint density at radius 2 is 1.88 bits per heavy atom. The van der Waals surface area contributed by atoms with E-state index in [4.69, 9.17) is 15.2 Å². The standard InChI is InChI=1S/C14H21NO2/c1-10-4-5-12(13(16-3)11(10)2)14(15)6-8-17-9-7-14/h4-5H,6-9,15H2,1-3H3. The minimum Gasteiger partial charge on any atom is -0.496 e. The van der Waals surface area contributed by atoms with Gasteiger partial charge in [0.1, 0.15) is 5.75 Å². The largest absolute Gasteiger partial charge is 0.496 e. The number of hydrogen-bond donors (Lipinski definition) is 1. The normalized spacial score (nSPS) is 19.1. The van der Waals surface area contributed by atoms with Crippen molar-refractivity contribution in [3.05, 3.63) is 28.8 Å². The Balaban J connectivity index is 2.47. The maximum atomic E-state index is 6.52. The highest BCUT2D eigenvalue weighted by molar-refractivity contribution is 5.48. The molecular formula is C14H21NO2. The molecule has 1 saturated heterocycles. The summed E-state index contributed by atoms with van der Waals surface area (Å²) in [5, 5.41) is 0. The van der Waals surface area contributed by atoms with Gasteiger partial charge in [0.15, 0.2) is 0 Å². The van der Waals surface area contributed by atoms with Crippen LogP contribution in [-0.2, 0) is 10.3 Å². The SMILES string of the molecule is COc1c(C2(N)CCOCC2)ccc(C)c1C. The van der Waals surface area contributed by atoms with E-state index >= 15 is 0 Å². The smallest absolute Gasteiger partial charge is 0.127 e. The molecule has 2 rings (SSSR count). The first-order valence-corrected chi connectivity index (χ1v) is 6.10. The molecule has 0 bridgehead atoms. The lowest BCUT2D eigenvalue weighted by Crippen LogP contribution is -2.42. The summed E-state index contributed by atoms with van der Waals surface area (Å²) in [6, 6.07) is 4.23. The van der Waals surface area contributed by atoms with Crippen LogP contribution in [0.2, 0.25) is 0 Å². The van der Waals surface area contributed by atoms with Crippen molar-refractivity contribution in [2.45, 2.75) is 32.2 Å². The van der Waals surface area contributed by atoms with Gasteiger partial charge in [0.05, 0.1) is 7.11 Å². The molecule has 94 valence electrons. The zero-order valence-corrected chi connectivity index (χ0v) is 10.9. The number of benzene rings is 1. The molecule has 0 radical (unpaired) electrons. The van der Waals surface area contributed by atoms with Crippen LogP contribution in [0.5, 0.6) is 5.75 Å². The van der Waals surface area contributed by atoms with E-state index in [1.54, 1.807) is 7.11 Å². The number of hydrogen-bond acceptors (Lipinski definition) is 3. The summed E-state index contributed by atoms with van der Waals surface area (Å²) < 4.78 is 10.9. The molecule has 0 aliphatic carbocycles. The predicted molar refractivity (Wildman–Crippen MR) is 68.4 cm³/mol. The van der Waals surface area contributed by atoms with E-state index in [1.807, 2.05) is 0 Å². The number of methoxy groups -OCH3 is 1. The molecule has 0 unspecified atom stereocenters. The molecule has 1 aromatic rings. The van der Waals surface area contributed by atoms with Crippen LogP contribution in [0, 0.1) is 13.8 Å². The van der Waals surface area contributed by atoms with Crippen LogP contribution in [0.25, 0.3) is 0 Å². The fourth-order valence-corrected chi connectivity index (χ4v) is 2.45. The van der Waals surface area contributed by atoms with Crippen LogP contribution < -0.4 is 10.5 Å². The maximum Gasteiger partial charge on any atom is 0.127 e. The molecule has 3 heteroatoms. The first-order chi connectivity index (χ1) is 8.08. The average molecular weight is 235 g/mol. The van der Waals surface area contributed by atoms with Crippen molar-refractivity contribution < 1.29 is 9.47 Å². The third-order valence-corrected chi connectivity index (χ3v) is 3.80. The second-order valence-electron chi connectivity index (χ2n) is 4.86. The van der Waals surface area contributed by atoms with Gasteiger partial charge >= 0.3 is 0 Å². The predicted octanol–water partition coefficient (Wildman–Crippen LogP) is 2.28. The van der Waals surface area contributed by atoms with Crippen molar-refractivity contribution in [3.63, 3.8) is 0 Å². The van der Waals surface area contributed by atoms with Crippen LogP contribution in [0.1, 0.15) is 29.5 Å². The number of aryl methyl sites for hydroxylation is 1. The Morgan fingerprint density at radius 1 is 1.24 bits per heavy atom. The Bertz CT molecular complexity index is 409. The molecule has 2 N–H and O–H groups in total. The van der Waals surface area contributed by atoms with Gasteiger partial charge in [-0.3, -0.25) is 0 Å². The minimum atomic E-state index is -0.304. The van der Waals surface area contributed by atoms with Crippen molar-refractivity contribution in [3.8, 4) is 5.75 Å². The van der Waals surface area contributed by atoms with Gasteiger partial charge in [-0.1, -0.05) is 12.1 Å². The molecule has 1 aromatic carbocycles. The van der Waals surface area contributed by atoms with E-state index in [0.29, 0.717) is 0 Å². The number of ether oxygens (including phenoxy) is 2. The molecule has 17 heavy (non-hydrogen) atoms. The Morgan fingerprint density at radius 3 is 2.47 bits per heavy atom. The molecule has 0 aromatic heterocycles. The zero-order chi connectivity index (χ0) is 12.5. The van der Waals surface area contributed by atoms with Gasteiger partial charge in [-0.2, -0.15) is 0 Å². The number of nitrogens with two attached hydrogens (primary N) is 1. The second-order valence-corrected chi connectivity index (χ2v) is 4.86. The van der Waals surface area contributed by atoms with E-state index in [0.717, 1.165) is 37.4 Å². The van der Waals surface area contributed by atoms with Gasteiger partial charge in [-0.05, 0) is 37.8 Å². The summed E-state index contributed by atoms with van der Waals surface area (Å²) in [4.78, 5) is 0. The van der Waals surface area contributed by atoms with E-state index in [9.17, 15) is 0 Å². The molecule has 1 heterocycles. The minimum absolute atomic E-state index is 0.304. The summed E-state index contributed by atoms with van der Waals surface area (Å²) in [5.41, 5.74) is 9.75. The van der Waals surface area contributed by atoms with Gasteiger partial charge < -0.3 is 15.2 Å². The lowest BCUT2D eigenvalue weighted by atomic mass is 9.82. The van der Waals surface area contributed by atoms with Gasteiger partial charge in [0.25, 0.3) is 0 Å². The van der Waals surface area contributed by atoms with Gasteiger partial charge in [0.2, 0.25) is 0 Å². The summed E-state index contributed by atoms with van der Waals surface area (Å²) in [6.07, 6.45) is 1.71. The number of rotatable bonds is 2. The quantitative estimate of drug-likeness (QED) is 0.855. The summed E-state index contributed by atoms with van der Waals surface area (Å²) >= 11 is 0.